The van der Waals surface area contributed by atoms with Gasteiger partial charge < -0.3 is 13.3 Å². The molecule has 0 aromatic heterocycles. The number of benzene rings is 1. The van der Waals surface area contributed by atoms with Crippen molar-refractivity contribution >= 4 is 14.0 Å². The molecule has 0 aliphatic heterocycles. The second-order valence-electron chi connectivity index (χ2n) is 3.67. The molecule has 0 aliphatic rings. The van der Waals surface area contributed by atoms with Crippen molar-refractivity contribution in [3.63, 3.8) is 0 Å². The van der Waals surface area contributed by atoms with Gasteiger partial charge in [0, 0.05) is 18.4 Å². The summed E-state index contributed by atoms with van der Waals surface area (Å²) in [5.41, 5.74) is 0. The van der Waals surface area contributed by atoms with Crippen LogP contribution in [0.25, 0.3) is 0 Å². The molecule has 0 bridgehead atoms. The maximum absolute atomic E-state index is 12.5. The van der Waals surface area contributed by atoms with E-state index in [-0.39, 0.29) is 6.10 Å². The molecule has 0 heterocycles. The Labute approximate surface area is 101 Å². The van der Waals surface area contributed by atoms with Crippen LogP contribution in [0.15, 0.2) is 30.3 Å². The number of alkyl halides is 2. The highest BCUT2D eigenvalue weighted by atomic mass is 28.4. The van der Waals surface area contributed by atoms with Crippen LogP contribution in [0.1, 0.15) is 13.8 Å². The number of hydrogen-bond donors (Lipinski definition) is 0. The van der Waals surface area contributed by atoms with Crippen molar-refractivity contribution in [3.05, 3.63) is 30.3 Å². The van der Waals surface area contributed by atoms with Gasteiger partial charge in [-0.3, -0.25) is 0 Å². The molecule has 0 N–H and O–H groups in total. The Bertz CT molecular complexity index is 323. The Balaban J connectivity index is 3.06. The summed E-state index contributed by atoms with van der Waals surface area (Å²) in [5.74, 6) is 0. The fourth-order valence-electron chi connectivity index (χ4n) is 1.45. The Morgan fingerprint density at radius 1 is 1.06 bits per heavy atom. The highest BCUT2D eigenvalue weighted by Gasteiger charge is 2.46. The number of rotatable bonds is 6. The Morgan fingerprint density at radius 3 is 2.06 bits per heavy atom. The van der Waals surface area contributed by atoms with Crippen molar-refractivity contribution < 1.29 is 22.1 Å². The normalized spacial score (nSPS) is 15.2. The molecule has 1 aromatic rings. The molecule has 17 heavy (non-hydrogen) atoms. The fourth-order valence-corrected chi connectivity index (χ4v) is 3.66. The second-order valence-corrected chi connectivity index (χ2v) is 6.24. The first-order chi connectivity index (χ1) is 8.00. The summed E-state index contributed by atoms with van der Waals surface area (Å²) in [5, 5.41) is 0.525. The van der Waals surface area contributed by atoms with E-state index in [1.165, 1.54) is 7.11 Å². The van der Waals surface area contributed by atoms with Gasteiger partial charge in [0.2, 0.25) is 0 Å². The van der Waals surface area contributed by atoms with Crippen LogP contribution in [0.3, 0.4) is 0 Å². The van der Waals surface area contributed by atoms with Crippen molar-refractivity contribution in [2.24, 2.45) is 0 Å². The van der Waals surface area contributed by atoms with Gasteiger partial charge in [0.15, 0.2) is 0 Å². The molecule has 1 rings (SSSR count). The van der Waals surface area contributed by atoms with Gasteiger partial charge in [-0.15, -0.1) is 0 Å². The molecule has 0 fully saturated rings. The number of halogens is 2. The SMILES string of the molecule is CO[Si](OC(C)C)(OC(F)F)c1ccccc1. The summed E-state index contributed by atoms with van der Waals surface area (Å²) >= 11 is 0. The monoisotopic (exact) mass is 262 g/mol. The molecule has 96 valence electrons. The Hall–Kier alpha value is -0.823. The molecule has 0 spiro atoms. The second kappa shape index (κ2) is 6.20. The quantitative estimate of drug-likeness (QED) is 0.735. The van der Waals surface area contributed by atoms with Crippen molar-refractivity contribution in [2.75, 3.05) is 7.11 Å². The fraction of sp³-hybridized carbons (Fsp3) is 0.455. The van der Waals surface area contributed by atoms with E-state index < -0.39 is 15.4 Å². The van der Waals surface area contributed by atoms with Gasteiger partial charge >= 0.3 is 15.4 Å². The van der Waals surface area contributed by atoms with Gasteiger partial charge in [0.25, 0.3) is 0 Å². The van der Waals surface area contributed by atoms with E-state index in [1.807, 2.05) is 0 Å². The van der Waals surface area contributed by atoms with Crippen molar-refractivity contribution in [1.29, 1.82) is 0 Å². The summed E-state index contributed by atoms with van der Waals surface area (Å²) in [4.78, 5) is 0. The van der Waals surface area contributed by atoms with Crippen molar-refractivity contribution in [3.8, 4) is 0 Å². The third-order valence-corrected chi connectivity index (χ3v) is 4.88. The summed E-state index contributed by atoms with van der Waals surface area (Å²) < 4.78 is 40.3. The van der Waals surface area contributed by atoms with Gasteiger partial charge in [0.1, 0.15) is 0 Å². The van der Waals surface area contributed by atoms with E-state index in [0.717, 1.165) is 0 Å². The van der Waals surface area contributed by atoms with Crippen LogP contribution >= 0.6 is 0 Å². The van der Waals surface area contributed by atoms with E-state index in [1.54, 1.807) is 44.2 Å². The topological polar surface area (TPSA) is 27.7 Å². The van der Waals surface area contributed by atoms with Crippen LogP contribution in [0, 0.1) is 0 Å². The Kier molecular flexibility index (Phi) is 5.19. The lowest BCUT2D eigenvalue weighted by Crippen LogP contribution is -2.58. The largest absolute Gasteiger partial charge is 0.541 e. The first-order valence-electron chi connectivity index (χ1n) is 5.24. The predicted octanol–water partition coefficient (Wildman–Crippen LogP) is 2.14. The maximum atomic E-state index is 12.5. The van der Waals surface area contributed by atoms with Crippen LogP contribution in [0.4, 0.5) is 8.78 Å². The molecule has 1 atom stereocenters. The molecule has 6 heteroatoms. The van der Waals surface area contributed by atoms with Gasteiger partial charge in [-0.05, 0) is 13.8 Å². The summed E-state index contributed by atoms with van der Waals surface area (Å²) in [6.45, 7) is 0.567. The molecule has 0 aliphatic carbocycles. The molecule has 1 aromatic carbocycles. The zero-order chi connectivity index (χ0) is 12.9. The van der Waals surface area contributed by atoms with E-state index in [2.05, 4.69) is 4.43 Å². The lowest BCUT2D eigenvalue weighted by molar-refractivity contribution is -0.0992. The smallest absolute Gasteiger partial charge is 0.373 e. The van der Waals surface area contributed by atoms with Gasteiger partial charge in [-0.25, -0.2) is 0 Å². The molecule has 0 radical (unpaired) electrons. The highest BCUT2D eigenvalue weighted by Crippen LogP contribution is 2.15. The molecule has 0 amide bonds. The minimum absolute atomic E-state index is 0.263. The first kappa shape index (κ1) is 14.2. The molecule has 3 nitrogen and oxygen atoms in total. The van der Waals surface area contributed by atoms with Crippen LogP contribution in [-0.2, 0) is 13.3 Å². The van der Waals surface area contributed by atoms with E-state index >= 15 is 0 Å². The van der Waals surface area contributed by atoms with Crippen molar-refractivity contribution in [1.82, 2.24) is 0 Å². The van der Waals surface area contributed by atoms with Crippen LogP contribution < -0.4 is 5.19 Å². The van der Waals surface area contributed by atoms with Gasteiger partial charge in [-0.1, -0.05) is 30.3 Å². The lowest BCUT2D eigenvalue weighted by atomic mass is 10.4. The maximum Gasteiger partial charge on any atom is 0.541 e. The minimum Gasteiger partial charge on any atom is -0.373 e. The highest BCUT2D eigenvalue weighted by molar-refractivity contribution is 6.75. The number of hydrogen-bond acceptors (Lipinski definition) is 3. The predicted molar refractivity (Wildman–Crippen MR) is 62.1 cm³/mol. The lowest BCUT2D eigenvalue weighted by Gasteiger charge is -2.29. The average Bonchev–Trinajstić information content (AvgIpc) is 2.28. The first-order valence-corrected chi connectivity index (χ1v) is 6.97. The molecule has 0 saturated heterocycles. The van der Waals surface area contributed by atoms with E-state index in [9.17, 15) is 8.78 Å². The zero-order valence-electron chi connectivity index (χ0n) is 10.0. The summed E-state index contributed by atoms with van der Waals surface area (Å²) in [7, 11) is -2.20. The standard InChI is InChI=1S/C11H16F2O3Si/c1-9(2)15-17(14-3,16-11(12)13)10-7-5-4-6-8-10/h4-9,11H,1-3H3. The zero-order valence-corrected chi connectivity index (χ0v) is 11.0. The van der Waals surface area contributed by atoms with Crippen molar-refractivity contribution in [2.45, 2.75) is 26.6 Å². The van der Waals surface area contributed by atoms with Crippen LogP contribution in [0.2, 0.25) is 0 Å². The van der Waals surface area contributed by atoms with E-state index in [4.69, 9.17) is 8.85 Å². The molecule has 1 unspecified atom stereocenters. The molecular weight excluding hydrogens is 246 g/mol. The van der Waals surface area contributed by atoms with Crippen LogP contribution in [0.5, 0.6) is 0 Å². The summed E-state index contributed by atoms with van der Waals surface area (Å²) in [6, 6.07) is 8.58. The van der Waals surface area contributed by atoms with Gasteiger partial charge in [-0.2, -0.15) is 8.78 Å². The molecule has 0 saturated carbocycles. The third kappa shape index (κ3) is 3.85. The third-order valence-electron chi connectivity index (χ3n) is 2.03. The Morgan fingerprint density at radius 2 is 1.65 bits per heavy atom. The van der Waals surface area contributed by atoms with E-state index in [0.29, 0.717) is 5.19 Å². The van der Waals surface area contributed by atoms with Gasteiger partial charge in [0.05, 0.1) is 0 Å². The summed E-state index contributed by atoms with van der Waals surface area (Å²) in [6.07, 6.45) is -0.263. The van der Waals surface area contributed by atoms with Crippen LogP contribution in [-0.4, -0.2) is 28.6 Å². The minimum atomic E-state index is -3.52. The molecular formula is C11H16F2O3Si. The average molecular weight is 262 g/mol.